The maximum absolute atomic E-state index is 12.7. The van der Waals surface area contributed by atoms with Crippen molar-refractivity contribution < 1.29 is 4.79 Å². The summed E-state index contributed by atoms with van der Waals surface area (Å²) in [5.41, 5.74) is 0.544. The van der Waals surface area contributed by atoms with Crippen LogP contribution in [0.2, 0.25) is 10.0 Å². The molecule has 0 aromatic heterocycles. The standard InChI is InChI=1S/C15H18BrCl2NO/c16-8-9-19(12-4-2-1-3-5-12)15(20)13-7-6-11(17)10-14(13)18/h6-7,10,12H,1-5,8-9H2. The second-order valence-corrected chi connectivity index (χ2v) is 6.74. The number of hydrogen-bond acceptors (Lipinski definition) is 1. The smallest absolute Gasteiger partial charge is 0.255 e. The van der Waals surface area contributed by atoms with Crippen molar-refractivity contribution in [2.75, 3.05) is 11.9 Å². The zero-order chi connectivity index (χ0) is 14.5. The Balaban J connectivity index is 2.21. The van der Waals surface area contributed by atoms with Crippen molar-refractivity contribution in [2.24, 2.45) is 0 Å². The zero-order valence-corrected chi connectivity index (χ0v) is 14.3. The molecule has 0 radical (unpaired) electrons. The van der Waals surface area contributed by atoms with Gasteiger partial charge in [0.1, 0.15) is 0 Å². The Morgan fingerprint density at radius 3 is 2.55 bits per heavy atom. The zero-order valence-electron chi connectivity index (χ0n) is 11.2. The lowest BCUT2D eigenvalue weighted by Gasteiger charge is -2.34. The summed E-state index contributed by atoms with van der Waals surface area (Å²) in [6.45, 7) is 0.711. The molecule has 2 nitrogen and oxygen atoms in total. The Bertz CT molecular complexity index is 475. The van der Waals surface area contributed by atoms with Gasteiger partial charge >= 0.3 is 0 Å². The summed E-state index contributed by atoms with van der Waals surface area (Å²) in [6.07, 6.45) is 5.85. The molecule has 0 bridgehead atoms. The summed E-state index contributed by atoms with van der Waals surface area (Å²) in [6, 6.07) is 5.40. The van der Waals surface area contributed by atoms with E-state index in [1.807, 2.05) is 4.90 Å². The molecule has 1 amide bonds. The molecule has 1 fully saturated rings. The normalized spacial score (nSPS) is 16.1. The van der Waals surface area contributed by atoms with Gasteiger partial charge in [-0.3, -0.25) is 4.79 Å². The third-order valence-electron chi connectivity index (χ3n) is 3.76. The number of nitrogens with zero attached hydrogens (tertiary/aromatic N) is 1. The van der Waals surface area contributed by atoms with E-state index in [2.05, 4.69) is 15.9 Å². The predicted molar refractivity (Wildman–Crippen MR) is 88.2 cm³/mol. The van der Waals surface area contributed by atoms with Gasteiger partial charge in [0.05, 0.1) is 10.6 Å². The van der Waals surface area contributed by atoms with Gasteiger partial charge in [-0.15, -0.1) is 0 Å². The molecule has 1 aromatic carbocycles. The summed E-state index contributed by atoms with van der Waals surface area (Å²) < 4.78 is 0. The fraction of sp³-hybridized carbons (Fsp3) is 0.533. The summed E-state index contributed by atoms with van der Waals surface area (Å²) in [4.78, 5) is 14.7. The Morgan fingerprint density at radius 1 is 1.25 bits per heavy atom. The Morgan fingerprint density at radius 2 is 1.95 bits per heavy atom. The minimum absolute atomic E-state index is 0.0121. The van der Waals surface area contributed by atoms with Crippen LogP contribution >= 0.6 is 39.1 Å². The van der Waals surface area contributed by atoms with Crippen LogP contribution in [0.25, 0.3) is 0 Å². The third-order valence-corrected chi connectivity index (χ3v) is 4.67. The molecule has 0 heterocycles. The van der Waals surface area contributed by atoms with Gasteiger partial charge in [-0.05, 0) is 31.0 Å². The van der Waals surface area contributed by atoms with Crippen LogP contribution in [0, 0.1) is 0 Å². The highest BCUT2D eigenvalue weighted by Gasteiger charge is 2.26. The van der Waals surface area contributed by atoms with Crippen molar-refractivity contribution in [3.05, 3.63) is 33.8 Å². The summed E-state index contributed by atoms with van der Waals surface area (Å²) in [5, 5.41) is 1.76. The number of amides is 1. The van der Waals surface area contributed by atoms with Crippen LogP contribution in [0.3, 0.4) is 0 Å². The molecule has 5 heteroatoms. The Hall–Kier alpha value is -0.250. The SMILES string of the molecule is O=C(c1ccc(Cl)cc1Cl)N(CCBr)C1CCCCC1. The van der Waals surface area contributed by atoms with Gasteiger partial charge in [0, 0.05) is 22.9 Å². The maximum atomic E-state index is 12.7. The highest BCUT2D eigenvalue weighted by atomic mass is 79.9. The van der Waals surface area contributed by atoms with Gasteiger partial charge in [-0.2, -0.15) is 0 Å². The Labute approximate surface area is 138 Å². The molecule has 0 spiro atoms. The van der Waals surface area contributed by atoms with Crippen LogP contribution in [-0.4, -0.2) is 28.7 Å². The minimum Gasteiger partial charge on any atom is -0.335 e. The van der Waals surface area contributed by atoms with E-state index in [-0.39, 0.29) is 5.91 Å². The first-order valence-electron chi connectivity index (χ1n) is 6.95. The first-order chi connectivity index (χ1) is 9.63. The van der Waals surface area contributed by atoms with E-state index in [0.29, 0.717) is 28.2 Å². The van der Waals surface area contributed by atoms with Crippen molar-refractivity contribution in [3.8, 4) is 0 Å². The number of hydrogen-bond donors (Lipinski definition) is 0. The number of alkyl halides is 1. The molecule has 0 saturated heterocycles. The van der Waals surface area contributed by atoms with E-state index in [1.165, 1.54) is 19.3 Å². The topological polar surface area (TPSA) is 20.3 Å². The van der Waals surface area contributed by atoms with E-state index in [0.717, 1.165) is 18.2 Å². The molecule has 2 rings (SSSR count). The van der Waals surface area contributed by atoms with Crippen molar-refractivity contribution in [3.63, 3.8) is 0 Å². The maximum Gasteiger partial charge on any atom is 0.255 e. The number of carbonyl (C=O) groups is 1. The molecule has 0 unspecified atom stereocenters. The van der Waals surface area contributed by atoms with Gasteiger partial charge in [0.2, 0.25) is 0 Å². The highest BCUT2D eigenvalue weighted by molar-refractivity contribution is 9.09. The van der Waals surface area contributed by atoms with Gasteiger partial charge in [-0.1, -0.05) is 58.4 Å². The van der Waals surface area contributed by atoms with E-state index in [1.54, 1.807) is 18.2 Å². The average Bonchev–Trinajstić information content (AvgIpc) is 2.45. The molecule has 1 aliphatic rings. The minimum atomic E-state index is 0.0121. The first kappa shape index (κ1) is 16.1. The third kappa shape index (κ3) is 3.90. The molecule has 1 aliphatic carbocycles. The fourth-order valence-corrected chi connectivity index (χ4v) is 3.62. The van der Waals surface area contributed by atoms with Crippen LogP contribution in [0.4, 0.5) is 0 Å². The summed E-state index contributed by atoms with van der Waals surface area (Å²) >= 11 is 15.5. The van der Waals surface area contributed by atoms with Crippen molar-refractivity contribution in [2.45, 2.75) is 38.1 Å². The van der Waals surface area contributed by atoms with Gasteiger partial charge in [0.15, 0.2) is 0 Å². The molecule has 1 saturated carbocycles. The van der Waals surface area contributed by atoms with Crippen LogP contribution in [0.15, 0.2) is 18.2 Å². The molecule has 1 aromatic rings. The molecule has 20 heavy (non-hydrogen) atoms. The number of benzene rings is 1. The molecule has 0 N–H and O–H groups in total. The number of carbonyl (C=O) groups excluding carboxylic acids is 1. The van der Waals surface area contributed by atoms with Gasteiger partial charge in [0.25, 0.3) is 5.91 Å². The second-order valence-electron chi connectivity index (χ2n) is 5.10. The molecule has 0 aliphatic heterocycles. The van der Waals surface area contributed by atoms with Gasteiger partial charge < -0.3 is 4.90 Å². The Kier molecular flexibility index (Phi) is 6.19. The lowest BCUT2D eigenvalue weighted by atomic mass is 9.93. The van der Waals surface area contributed by atoms with E-state index in [4.69, 9.17) is 23.2 Å². The fourth-order valence-electron chi connectivity index (χ4n) is 2.75. The van der Waals surface area contributed by atoms with E-state index in [9.17, 15) is 4.79 Å². The number of halogens is 3. The van der Waals surface area contributed by atoms with Gasteiger partial charge in [-0.25, -0.2) is 0 Å². The predicted octanol–water partition coefficient (Wildman–Crippen LogP) is 5.16. The average molecular weight is 379 g/mol. The molecular formula is C15H18BrCl2NO. The van der Waals surface area contributed by atoms with Crippen LogP contribution in [-0.2, 0) is 0 Å². The van der Waals surface area contributed by atoms with Crippen LogP contribution < -0.4 is 0 Å². The lowest BCUT2D eigenvalue weighted by molar-refractivity contribution is 0.0651. The van der Waals surface area contributed by atoms with Crippen molar-refractivity contribution in [1.82, 2.24) is 4.90 Å². The number of rotatable bonds is 4. The van der Waals surface area contributed by atoms with Crippen molar-refractivity contribution in [1.29, 1.82) is 0 Å². The highest BCUT2D eigenvalue weighted by Crippen LogP contribution is 2.27. The van der Waals surface area contributed by atoms with Crippen LogP contribution in [0.5, 0.6) is 0 Å². The quantitative estimate of drug-likeness (QED) is 0.662. The summed E-state index contributed by atoms with van der Waals surface area (Å²) in [5.74, 6) is 0.0121. The second kappa shape index (κ2) is 7.67. The summed E-state index contributed by atoms with van der Waals surface area (Å²) in [7, 11) is 0. The van der Waals surface area contributed by atoms with Crippen molar-refractivity contribution >= 4 is 45.0 Å². The van der Waals surface area contributed by atoms with E-state index >= 15 is 0 Å². The lowest BCUT2D eigenvalue weighted by Crippen LogP contribution is -2.42. The molecule has 110 valence electrons. The monoisotopic (exact) mass is 377 g/mol. The van der Waals surface area contributed by atoms with E-state index < -0.39 is 0 Å². The molecule has 0 atom stereocenters. The first-order valence-corrected chi connectivity index (χ1v) is 8.83. The largest absolute Gasteiger partial charge is 0.335 e. The molecular weight excluding hydrogens is 361 g/mol. The van der Waals surface area contributed by atoms with Crippen LogP contribution in [0.1, 0.15) is 42.5 Å².